The zero-order valence-corrected chi connectivity index (χ0v) is 14.4. The van der Waals surface area contributed by atoms with Crippen molar-refractivity contribution in [1.29, 1.82) is 0 Å². The van der Waals surface area contributed by atoms with Crippen LogP contribution in [0.2, 0.25) is 0 Å². The maximum atomic E-state index is 12.0. The molecule has 1 aliphatic carbocycles. The van der Waals surface area contributed by atoms with E-state index >= 15 is 0 Å². The Kier molecular flexibility index (Phi) is 4.10. The number of hydrogen-bond donors (Lipinski definition) is 2. The summed E-state index contributed by atoms with van der Waals surface area (Å²) in [5, 5.41) is 14.1. The molecule has 0 radical (unpaired) electrons. The number of carboxylic acid groups (broad SMARTS) is 1. The molecule has 2 fully saturated rings. The van der Waals surface area contributed by atoms with E-state index in [-0.39, 0.29) is 6.09 Å². The molecule has 2 unspecified atom stereocenters. The smallest absolute Gasteiger partial charge is 0.410 e. The van der Waals surface area contributed by atoms with Gasteiger partial charge in [0.15, 0.2) is 0 Å². The van der Waals surface area contributed by atoms with Gasteiger partial charge in [0, 0.05) is 35.9 Å². The lowest BCUT2D eigenvalue weighted by molar-refractivity contribution is 0.0269. The summed E-state index contributed by atoms with van der Waals surface area (Å²) in [5.41, 5.74) is -0.110. The highest BCUT2D eigenvalue weighted by Crippen LogP contribution is 2.46. The Hall–Kier alpha value is -1.60. The second-order valence-electron chi connectivity index (χ2n) is 7.23. The average molecular weight is 338 g/mol. The minimum Gasteiger partial charge on any atom is -0.478 e. The Morgan fingerprint density at radius 2 is 2.04 bits per heavy atom. The molecule has 6 nitrogen and oxygen atoms in total. The number of aromatic carboxylic acids is 1. The van der Waals surface area contributed by atoms with Crippen LogP contribution >= 0.6 is 11.3 Å². The number of hydrogen-bond acceptors (Lipinski definition) is 5. The summed E-state index contributed by atoms with van der Waals surface area (Å²) in [6.45, 7) is 7.78. The number of carboxylic acids is 1. The summed E-state index contributed by atoms with van der Waals surface area (Å²) in [6, 6.07) is 2.13. The molecule has 1 saturated carbocycles. The molecule has 0 spiro atoms. The van der Waals surface area contributed by atoms with Gasteiger partial charge in [0.1, 0.15) is 5.60 Å². The van der Waals surface area contributed by atoms with Crippen LogP contribution in [0.25, 0.3) is 0 Å². The van der Waals surface area contributed by atoms with Gasteiger partial charge in [-0.25, -0.2) is 9.59 Å². The van der Waals surface area contributed by atoms with E-state index in [9.17, 15) is 9.59 Å². The van der Waals surface area contributed by atoms with E-state index in [0.717, 1.165) is 18.0 Å². The van der Waals surface area contributed by atoms with Crippen LogP contribution in [0.4, 0.5) is 4.79 Å². The van der Waals surface area contributed by atoms with Crippen molar-refractivity contribution in [1.82, 2.24) is 10.2 Å². The van der Waals surface area contributed by atoms with Gasteiger partial charge in [-0.1, -0.05) is 0 Å². The molecular formula is C16H22N2O4S. The molecule has 2 atom stereocenters. The van der Waals surface area contributed by atoms with Gasteiger partial charge < -0.3 is 20.1 Å². The summed E-state index contributed by atoms with van der Waals surface area (Å²) in [5.74, 6) is 0.0895. The molecule has 1 amide bonds. The topological polar surface area (TPSA) is 78.9 Å². The first-order valence-electron chi connectivity index (χ1n) is 7.76. The minimum atomic E-state index is -0.885. The standard InChI is InChI=1S/C16H22N2O4S/c1-16(2,3)22-15(21)18-6-11-12(7-18)13(11)17-5-10-4-9(8-23-10)14(19)20/h4,8,11-13,17H,5-7H2,1-3H3,(H,19,20). The number of thiophene rings is 1. The molecular weight excluding hydrogens is 316 g/mol. The van der Waals surface area contributed by atoms with Crippen molar-refractivity contribution in [2.24, 2.45) is 11.8 Å². The molecule has 1 aliphatic heterocycles. The zero-order valence-electron chi connectivity index (χ0n) is 13.5. The first kappa shape index (κ1) is 16.3. The monoisotopic (exact) mass is 338 g/mol. The van der Waals surface area contributed by atoms with Gasteiger partial charge in [-0.2, -0.15) is 0 Å². The Morgan fingerprint density at radius 1 is 1.39 bits per heavy atom. The highest BCUT2D eigenvalue weighted by atomic mass is 32.1. The van der Waals surface area contributed by atoms with Crippen molar-refractivity contribution in [2.45, 2.75) is 39.0 Å². The number of carbonyl (C=O) groups is 2. The van der Waals surface area contributed by atoms with E-state index in [0.29, 0.717) is 30.0 Å². The lowest BCUT2D eigenvalue weighted by Gasteiger charge is -2.26. The molecule has 126 valence electrons. The van der Waals surface area contributed by atoms with Crippen LogP contribution in [0.3, 0.4) is 0 Å². The molecule has 2 aliphatic rings. The van der Waals surface area contributed by atoms with E-state index in [1.165, 1.54) is 11.3 Å². The van der Waals surface area contributed by atoms with Gasteiger partial charge in [-0.05, 0) is 38.7 Å². The predicted molar refractivity (Wildman–Crippen MR) is 86.7 cm³/mol. The molecule has 2 N–H and O–H groups in total. The van der Waals surface area contributed by atoms with Crippen LogP contribution in [0.5, 0.6) is 0 Å². The van der Waals surface area contributed by atoms with Crippen molar-refractivity contribution >= 4 is 23.4 Å². The first-order chi connectivity index (χ1) is 10.7. The summed E-state index contributed by atoms with van der Waals surface area (Å²) in [4.78, 5) is 25.7. The van der Waals surface area contributed by atoms with E-state index in [1.54, 1.807) is 16.3 Å². The van der Waals surface area contributed by atoms with Crippen LogP contribution in [-0.4, -0.2) is 46.8 Å². The van der Waals surface area contributed by atoms with Crippen LogP contribution in [0.15, 0.2) is 11.4 Å². The molecule has 3 rings (SSSR count). The quantitative estimate of drug-likeness (QED) is 0.881. The number of nitrogens with one attached hydrogen (secondary N) is 1. The summed E-state index contributed by atoms with van der Waals surface area (Å²) < 4.78 is 5.39. The van der Waals surface area contributed by atoms with Crippen molar-refractivity contribution < 1.29 is 19.4 Å². The average Bonchev–Trinajstić information content (AvgIpc) is 2.86. The number of nitrogens with zero attached hydrogens (tertiary/aromatic N) is 1. The van der Waals surface area contributed by atoms with E-state index in [4.69, 9.17) is 9.84 Å². The van der Waals surface area contributed by atoms with Gasteiger partial charge in [0.2, 0.25) is 0 Å². The second kappa shape index (κ2) is 5.79. The Bertz CT molecular complexity index is 610. The largest absolute Gasteiger partial charge is 0.478 e. The fourth-order valence-electron chi connectivity index (χ4n) is 3.11. The van der Waals surface area contributed by atoms with E-state index < -0.39 is 11.6 Å². The minimum absolute atomic E-state index is 0.229. The first-order valence-corrected chi connectivity index (χ1v) is 8.64. The van der Waals surface area contributed by atoms with Gasteiger partial charge in [0.25, 0.3) is 0 Å². The van der Waals surface area contributed by atoms with E-state index in [1.807, 2.05) is 20.8 Å². The molecule has 1 aromatic heterocycles. The predicted octanol–water partition coefficient (Wildman–Crippen LogP) is 2.40. The molecule has 0 aromatic carbocycles. The van der Waals surface area contributed by atoms with Crippen molar-refractivity contribution in [3.63, 3.8) is 0 Å². The summed E-state index contributed by atoms with van der Waals surface area (Å²) in [7, 11) is 0. The SMILES string of the molecule is CC(C)(C)OC(=O)N1CC2C(C1)C2NCc1cc(C(=O)O)cs1. The highest BCUT2D eigenvalue weighted by molar-refractivity contribution is 7.10. The molecule has 7 heteroatoms. The normalized spacial score (nSPS) is 26.0. The number of fused-ring (bicyclic) bond motifs is 1. The number of carbonyl (C=O) groups excluding carboxylic acids is 1. The van der Waals surface area contributed by atoms with Crippen LogP contribution in [0.1, 0.15) is 36.0 Å². The van der Waals surface area contributed by atoms with Crippen LogP contribution < -0.4 is 5.32 Å². The lowest BCUT2D eigenvalue weighted by atomic mass is 10.2. The number of amides is 1. The molecule has 2 heterocycles. The third-order valence-electron chi connectivity index (χ3n) is 4.26. The Morgan fingerprint density at radius 3 is 2.57 bits per heavy atom. The van der Waals surface area contributed by atoms with Gasteiger partial charge in [-0.3, -0.25) is 0 Å². The van der Waals surface area contributed by atoms with Crippen LogP contribution in [0, 0.1) is 11.8 Å². The number of likely N-dealkylation sites (tertiary alicyclic amines) is 1. The zero-order chi connectivity index (χ0) is 16.8. The number of piperidine rings is 1. The lowest BCUT2D eigenvalue weighted by Crippen LogP contribution is -2.39. The van der Waals surface area contributed by atoms with Gasteiger partial charge in [-0.15, -0.1) is 11.3 Å². The van der Waals surface area contributed by atoms with Crippen molar-refractivity contribution in [3.05, 3.63) is 21.9 Å². The van der Waals surface area contributed by atoms with Crippen molar-refractivity contribution in [2.75, 3.05) is 13.1 Å². The second-order valence-corrected chi connectivity index (χ2v) is 8.22. The fraction of sp³-hybridized carbons (Fsp3) is 0.625. The summed E-state index contributed by atoms with van der Waals surface area (Å²) >= 11 is 1.46. The molecule has 1 saturated heterocycles. The fourth-order valence-corrected chi connectivity index (χ4v) is 3.92. The number of ether oxygens (including phenoxy) is 1. The maximum absolute atomic E-state index is 12.0. The Balaban J connectivity index is 1.43. The maximum Gasteiger partial charge on any atom is 0.410 e. The van der Waals surface area contributed by atoms with Gasteiger partial charge in [0.05, 0.1) is 5.56 Å². The number of rotatable bonds is 4. The third-order valence-corrected chi connectivity index (χ3v) is 5.20. The van der Waals surface area contributed by atoms with Crippen molar-refractivity contribution in [3.8, 4) is 0 Å². The summed E-state index contributed by atoms with van der Waals surface area (Å²) in [6.07, 6.45) is -0.229. The molecule has 23 heavy (non-hydrogen) atoms. The van der Waals surface area contributed by atoms with Crippen LogP contribution in [-0.2, 0) is 11.3 Å². The molecule has 1 aromatic rings. The van der Waals surface area contributed by atoms with Gasteiger partial charge >= 0.3 is 12.1 Å². The molecule has 0 bridgehead atoms. The third kappa shape index (κ3) is 3.67. The Labute approximate surface area is 139 Å². The van der Waals surface area contributed by atoms with E-state index in [2.05, 4.69) is 5.32 Å². The highest BCUT2D eigenvalue weighted by Gasteiger charge is 2.56.